The van der Waals surface area contributed by atoms with E-state index in [1.54, 1.807) is 54.6 Å². The second kappa shape index (κ2) is 12.4. The van der Waals surface area contributed by atoms with Crippen LogP contribution in [0, 0.1) is 0 Å². The Morgan fingerprint density at radius 2 is 1.74 bits per heavy atom. The Morgan fingerprint density at radius 1 is 1.00 bits per heavy atom. The molecule has 0 aromatic heterocycles. The average molecular weight is 566 g/mol. The lowest BCUT2D eigenvalue weighted by Gasteiger charge is -2.09. The van der Waals surface area contributed by atoms with Gasteiger partial charge in [0.2, 0.25) is 0 Å². The van der Waals surface area contributed by atoms with Gasteiger partial charge in [0.15, 0.2) is 6.61 Å². The number of nitrogens with zero attached hydrogens (tertiary/aromatic N) is 1. The fraction of sp³-hybridized carbons (Fsp3) is 0.125. The number of carbonyl (C=O) groups excluding carboxylic acids is 2. The smallest absolute Gasteiger partial charge is 0.343 e. The van der Waals surface area contributed by atoms with Crippen molar-refractivity contribution in [3.05, 3.63) is 86.3 Å². The predicted molar refractivity (Wildman–Crippen MR) is 134 cm³/mol. The molecule has 10 heteroatoms. The molecule has 0 aliphatic heterocycles. The van der Waals surface area contributed by atoms with Gasteiger partial charge in [-0.05, 0) is 67.6 Å². The van der Waals surface area contributed by atoms with Crippen LogP contribution in [0.1, 0.15) is 22.8 Å². The molecule has 3 aromatic carbocycles. The van der Waals surface area contributed by atoms with Crippen LogP contribution in [-0.4, -0.2) is 31.3 Å². The molecule has 3 rings (SSSR count). The predicted octanol–water partition coefficient (Wildman–Crippen LogP) is 5.90. The Balaban J connectivity index is 1.61. The highest BCUT2D eigenvalue weighted by atomic mass is 79.9. The van der Waals surface area contributed by atoms with Crippen LogP contribution in [0.3, 0.4) is 0 Å². The number of halogens is 3. The van der Waals surface area contributed by atoms with Crippen molar-refractivity contribution in [2.24, 2.45) is 5.10 Å². The number of carbonyl (C=O) groups is 2. The number of esters is 1. The van der Waals surface area contributed by atoms with Gasteiger partial charge < -0.3 is 14.2 Å². The molecular formula is C24H19BrCl2N2O5. The van der Waals surface area contributed by atoms with Gasteiger partial charge in [0.05, 0.1) is 23.4 Å². The van der Waals surface area contributed by atoms with Gasteiger partial charge in [-0.2, -0.15) is 5.10 Å². The summed E-state index contributed by atoms with van der Waals surface area (Å²) >= 11 is 15.2. The summed E-state index contributed by atoms with van der Waals surface area (Å²) in [4.78, 5) is 24.6. The summed E-state index contributed by atoms with van der Waals surface area (Å²) in [7, 11) is 0. The fourth-order valence-corrected chi connectivity index (χ4v) is 3.51. The van der Waals surface area contributed by atoms with Gasteiger partial charge in [-0.1, -0.05) is 39.1 Å². The first-order valence-electron chi connectivity index (χ1n) is 10.00. The molecule has 7 nitrogen and oxygen atoms in total. The molecule has 0 aliphatic rings. The van der Waals surface area contributed by atoms with Gasteiger partial charge in [-0.3, -0.25) is 4.79 Å². The topological polar surface area (TPSA) is 86.2 Å². The highest BCUT2D eigenvalue weighted by Crippen LogP contribution is 2.27. The van der Waals surface area contributed by atoms with Gasteiger partial charge in [0.25, 0.3) is 5.91 Å². The van der Waals surface area contributed by atoms with E-state index < -0.39 is 11.9 Å². The minimum Gasteiger partial charge on any atom is -0.494 e. The third kappa shape index (κ3) is 7.48. The number of hydrogen-bond donors (Lipinski definition) is 1. The van der Waals surface area contributed by atoms with E-state index in [0.29, 0.717) is 34.3 Å². The Morgan fingerprint density at radius 3 is 2.44 bits per heavy atom. The molecule has 1 N–H and O–H groups in total. The lowest BCUT2D eigenvalue weighted by Crippen LogP contribution is -2.24. The molecule has 0 radical (unpaired) electrons. The van der Waals surface area contributed by atoms with Crippen molar-refractivity contribution < 1.29 is 23.8 Å². The second-order valence-corrected chi connectivity index (χ2v) is 8.44. The van der Waals surface area contributed by atoms with Crippen LogP contribution >= 0.6 is 39.1 Å². The first kappa shape index (κ1) is 25.6. The Hall–Kier alpha value is -3.07. The highest BCUT2D eigenvalue weighted by Gasteiger charge is 2.12. The van der Waals surface area contributed by atoms with Gasteiger partial charge in [0.1, 0.15) is 17.2 Å². The lowest BCUT2D eigenvalue weighted by atomic mass is 10.2. The highest BCUT2D eigenvalue weighted by molar-refractivity contribution is 9.10. The Bertz CT molecular complexity index is 1200. The van der Waals surface area contributed by atoms with Crippen molar-refractivity contribution in [2.45, 2.75) is 6.92 Å². The van der Waals surface area contributed by atoms with Crippen LogP contribution in [-0.2, 0) is 4.79 Å². The van der Waals surface area contributed by atoms with Crippen LogP contribution in [0.4, 0.5) is 0 Å². The van der Waals surface area contributed by atoms with Crippen LogP contribution in [0.25, 0.3) is 0 Å². The van der Waals surface area contributed by atoms with Crippen molar-refractivity contribution in [3.8, 4) is 17.2 Å². The maximum atomic E-state index is 12.5. The summed E-state index contributed by atoms with van der Waals surface area (Å²) in [6.45, 7) is 2.10. The van der Waals surface area contributed by atoms with Gasteiger partial charge >= 0.3 is 5.97 Å². The van der Waals surface area contributed by atoms with Crippen LogP contribution in [0.15, 0.2) is 70.2 Å². The monoisotopic (exact) mass is 564 g/mol. The van der Waals surface area contributed by atoms with Crippen molar-refractivity contribution >= 4 is 57.2 Å². The molecule has 0 heterocycles. The van der Waals surface area contributed by atoms with Crippen molar-refractivity contribution in [2.75, 3.05) is 13.2 Å². The molecule has 0 bridgehead atoms. The quantitative estimate of drug-likeness (QED) is 0.151. The van der Waals surface area contributed by atoms with Crippen LogP contribution in [0.5, 0.6) is 17.2 Å². The van der Waals surface area contributed by atoms with E-state index in [0.717, 1.165) is 4.47 Å². The Labute approximate surface area is 214 Å². The van der Waals surface area contributed by atoms with Crippen molar-refractivity contribution in [1.29, 1.82) is 0 Å². The van der Waals surface area contributed by atoms with Gasteiger partial charge in [-0.25, -0.2) is 10.2 Å². The summed E-state index contributed by atoms with van der Waals surface area (Å²) in [5.41, 5.74) is 3.18. The zero-order valence-electron chi connectivity index (χ0n) is 17.9. The number of hydrogen-bond acceptors (Lipinski definition) is 6. The summed E-state index contributed by atoms with van der Waals surface area (Å²) in [6.07, 6.45) is 1.36. The SMILES string of the molecule is CCOc1ccc(C(=O)Oc2ccc(Br)cc2/C=N\NC(=O)COc2ccc(Cl)cc2Cl)cc1. The summed E-state index contributed by atoms with van der Waals surface area (Å²) in [6, 6.07) is 16.3. The first-order valence-corrected chi connectivity index (χ1v) is 11.5. The number of nitrogens with one attached hydrogen (secondary N) is 1. The molecule has 0 fully saturated rings. The summed E-state index contributed by atoms with van der Waals surface area (Å²) in [5.74, 6) is 0.195. The average Bonchev–Trinajstić information content (AvgIpc) is 2.81. The van der Waals surface area contributed by atoms with Crippen LogP contribution < -0.4 is 19.6 Å². The van der Waals surface area contributed by atoms with Crippen molar-refractivity contribution in [3.63, 3.8) is 0 Å². The van der Waals surface area contributed by atoms with Crippen molar-refractivity contribution in [1.82, 2.24) is 5.43 Å². The number of benzene rings is 3. The zero-order valence-corrected chi connectivity index (χ0v) is 21.0. The molecule has 3 aromatic rings. The Kier molecular flexibility index (Phi) is 9.33. The van der Waals surface area contributed by atoms with E-state index in [9.17, 15) is 9.59 Å². The largest absolute Gasteiger partial charge is 0.494 e. The number of rotatable bonds is 9. The maximum absolute atomic E-state index is 12.5. The van der Waals surface area contributed by atoms with E-state index >= 15 is 0 Å². The number of hydrazone groups is 1. The number of amides is 1. The third-order valence-corrected chi connectivity index (χ3v) is 5.24. The normalized spacial score (nSPS) is 10.7. The van der Waals surface area contributed by atoms with Gasteiger partial charge in [-0.15, -0.1) is 0 Å². The van der Waals surface area contributed by atoms with E-state index in [1.165, 1.54) is 12.3 Å². The summed E-state index contributed by atoms with van der Waals surface area (Å²) < 4.78 is 17.0. The zero-order chi connectivity index (χ0) is 24.5. The molecule has 0 saturated heterocycles. The molecule has 0 saturated carbocycles. The fourth-order valence-electron chi connectivity index (χ4n) is 2.67. The molecule has 0 unspecified atom stereocenters. The molecule has 1 amide bonds. The van der Waals surface area contributed by atoms with E-state index in [-0.39, 0.29) is 17.4 Å². The minimum absolute atomic E-state index is 0.268. The molecular weight excluding hydrogens is 547 g/mol. The molecule has 0 spiro atoms. The lowest BCUT2D eigenvalue weighted by molar-refractivity contribution is -0.123. The third-order valence-electron chi connectivity index (χ3n) is 4.22. The summed E-state index contributed by atoms with van der Waals surface area (Å²) in [5, 5.41) is 4.66. The molecule has 0 aliphatic carbocycles. The first-order chi connectivity index (χ1) is 16.4. The van der Waals surface area contributed by atoms with Crippen LogP contribution in [0.2, 0.25) is 10.0 Å². The standard InChI is InChI=1S/C24H19BrCl2N2O5/c1-2-32-19-7-3-15(4-8-19)24(31)34-21-9-5-17(25)11-16(21)13-28-29-23(30)14-33-22-10-6-18(26)12-20(22)27/h3-13H,2,14H2,1H3,(H,29,30)/b28-13-. The molecule has 34 heavy (non-hydrogen) atoms. The van der Waals surface area contributed by atoms with Gasteiger partial charge in [0, 0.05) is 15.1 Å². The minimum atomic E-state index is -0.544. The molecule has 176 valence electrons. The second-order valence-electron chi connectivity index (χ2n) is 6.69. The van der Waals surface area contributed by atoms with E-state index in [1.807, 2.05) is 6.92 Å². The van der Waals surface area contributed by atoms with E-state index in [2.05, 4.69) is 26.5 Å². The number of ether oxygens (including phenoxy) is 3. The molecule has 0 atom stereocenters. The van der Waals surface area contributed by atoms with E-state index in [4.69, 9.17) is 37.4 Å². The maximum Gasteiger partial charge on any atom is 0.343 e.